The van der Waals surface area contributed by atoms with E-state index < -0.39 is 0 Å². The summed E-state index contributed by atoms with van der Waals surface area (Å²) in [5.74, 6) is 0.586. The van der Waals surface area contributed by atoms with Crippen LogP contribution in [-0.4, -0.2) is 62.1 Å². The van der Waals surface area contributed by atoms with Gasteiger partial charge in [0.15, 0.2) is 6.61 Å². The molecule has 1 atom stereocenters. The highest BCUT2D eigenvalue weighted by molar-refractivity contribution is 6.30. The topological polar surface area (TPSA) is 44.8 Å². The van der Waals surface area contributed by atoms with E-state index in [-0.39, 0.29) is 18.6 Å². The summed E-state index contributed by atoms with van der Waals surface area (Å²) in [7, 11) is 2.14. The molecule has 3 rings (SSSR count). The van der Waals surface area contributed by atoms with Crippen LogP contribution in [0.5, 0.6) is 5.75 Å². The lowest BCUT2D eigenvalue weighted by molar-refractivity contribution is -0.123. The first kappa shape index (κ1) is 20.6. The van der Waals surface area contributed by atoms with Crippen molar-refractivity contribution in [3.8, 4) is 5.75 Å². The fourth-order valence-corrected chi connectivity index (χ4v) is 3.45. The zero-order chi connectivity index (χ0) is 19.9. The fourth-order valence-electron chi connectivity index (χ4n) is 3.32. The lowest BCUT2D eigenvalue weighted by atomic mass is 10.0. The molecule has 1 aliphatic rings. The van der Waals surface area contributed by atoms with E-state index in [1.54, 1.807) is 0 Å². The van der Waals surface area contributed by atoms with Crippen molar-refractivity contribution in [1.82, 2.24) is 15.1 Å². The predicted octanol–water partition coefficient (Wildman–Crippen LogP) is 3.13. The highest BCUT2D eigenvalue weighted by Gasteiger charge is 2.24. The summed E-state index contributed by atoms with van der Waals surface area (Å²) in [6.45, 7) is 6.56. The van der Waals surface area contributed by atoms with Gasteiger partial charge in [0.05, 0.1) is 6.04 Å². The van der Waals surface area contributed by atoms with Gasteiger partial charge in [0.25, 0.3) is 5.91 Å². The molecular formula is C22H28ClN3O2. The van der Waals surface area contributed by atoms with Gasteiger partial charge in [0.1, 0.15) is 5.75 Å². The van der Waals surface area contributed by atoms with Gasteiger partial charge in [-0.1, -0.05) is 41.4 Å². The Balaban J connectivity index is 1.58. The maximum absolute atomic E-state index is 12.3. The van der Waals surface area contributed by atoms with Crippen LogP contribution in [0.1, 0.15) is 17.2 Å². The van der Waals surface area contributed by atoms with Crippen LogP contribution in [0.4, 0.5) is 0 Å². The first-order valence-corrected chi connectivity index (χ1v) is 10.0. The lowest BCUT2D eigenvalue weighted by Crippen LogP contribution is -2.48. The largest absolute Gasteiger partial charge is 0.484 e. The second-order valence-corrected chi connectivity index (χ2v) is 7.75. The second-order valence-electron chi connectivity index (χ2n) is 7.31. The van der Waals surface area contributed by atoms with E-state index in [2.05, 4.69) is 22.2 Å². The smallest absolute Gasteiger partial charge is 0.258 e. The van der Waals surface area contributed by atoms with Crippen LogP contribution in [0.15, 0.2) is 48.5 Å². The fraction of sp³-hybridized carbons (Fsp3) is 0.409. The van der Waals surface area contributed by atoms with E-state index in [4.69, 9.17) is 16.3 Å². The number of likely N-dealkylation sites (N-methyl/N-ethyl adjacent to an activating group) is 1. The van der Waals surface area contributed by atoms with Gasteiger partial charge in [-0.25, -0.2) is 0 Å². The number of piperazine rings is 1. The number of aryl methyl sites for hydroxylation is 1. The number of ether oxygens (including phenoxy) is 1. The van der Waals surface area contributed by atoms with Crippen molar-refractivity contribution in [2.75, 3.05) is 46.4 Å². The van der Waals surface area contributed by atoms with Crippen LogP contribution < -0.4 is 10.1 Å². The van der Waals surface area contributed by atoms with Crippen LogP contribution in [0, 0.1) is 6.92 Å². The third-order valence-electron chi connectivity index (χ3n) is 5.12. The number of hydrogen-bond acceptors (Lipinski definition) is 4. The summed E-state index contributed by atoms with van der Waals surface area (Å²) in [5.41, 5.74) is 2.32. The SMILES string of the molecule is Cc1ccc(OCC(=O)NCC(c2ccc(Cl)cc2)N2CCN(C)CC2)cc1. The van der Waals surface area contributed by atoms with Crippen molar-refractivity contribution in [2.45, 2.75) is 13.0 Å². The maximum Gasteiger partial charge on any atom is 0.258 e. The van der Waals surface area contributed by atoms with Crippen molar-refractivity contribution in [3.63, 3.8) is 0 Å². The van der Waals surface area contributed by atoms with Crippen LogP contribution in [0.3, 0.4) is 0 Å². The molecule has 1 aliphatic heterocycles. The van der Waals surface area contributed by atoms with Gasteiger partial charge < -0.3 is 15.0 Å². The van der Waals surface area contributed by atoms with E-state index in [9.17, 15) is 4.79 Å². The summed E-state index contributed by atoms with van der Waals surface area (Å²) in [5, 5.41) is 3.75. The zero-order valence-electron chi connectivity index (χ0n) is 16.5. The molecule has 2 aromatic carbocycles. The number of nitrogens with zero attached hydrogens (tertiary/aromatic N) is 2. The summed E-state index contributed by atoms with van der Waals surface area (Å²) < 4.78 is 5.59. The molecule has 28 heavy (non-hydrogen) atoms. The molecule has 0 saturated carbocycles. The molecule has 2 aromatic rings. The highest BCUT2D eigenvalue weighted by atomic mass is 35.5. The molecule has 150 valence electrons. The number of carbonyl (C=O) groups is 1. The summed E-state index contributed by atoms with van der Waals surface area (Å²) in [6.07, 6.45) is 0. The first-order valence-electron chi connectivity index (χ1n) is 9.65. The van der Waals surface area contributed by atoms with Crippen molar-refractivity contribution in [2.24, 2.45) is 0 Å². The molecule has 1 saturated heterocycles. The minimum absolute atomic E-state index is 0.0130. The lowest BCUT2D eigenvalue weighted by Gasteiger charge is -2.38. The third-order valence-corrected chi connectivity index (χ3v) is 5.37. The van der Waals surface area contributed by atoms with Crippen molar-refractivity contribution < 1.29 is 9.53 Å². The minimum Gasteiger partial charge on any atom is -0.484 e. The number of hydrogen-bond donors (Lipinski definition) is 1. The Morgan fingerprint density at radius 3 is 2.36 bits per heavy atom. The van der Waals surface area contributed by atoms with Crippen molar-refractivity contribution in [1.29, 1.82) is 0 Å². The van der Waals surface area contributed by atoms with Gasteiger partial charge in [0.2, 0.25) is 0 Å². The van der Waals surface area contributed by atoms with Crippen LogP contribution in [0.25, 0.3) is 0 Å². The average molecular weight is 402 g/mol. The van der Waals surface area contributed by atoms with Crippen LogP contribution in [0.2, 0.25) is 5.02 Å². The van der Waals surface area contributed by atoms with Crippen molar-refractivity contribution in [3.05, 3.63) is 64.7 Å². The number of benzene rings is 2. The molecule has 1 unspecified atom stereocenters. The number of carbonyl (C=O) groups excluding carboxylic acids is 1. The number of amides is 1. The molecular weight excluding hydrogens is 374 g/mol. The van der Waals surface area contributed by atoms with Crippen LogP contribution in [-0.2, 0) is 4.79 Å². The molecule has 0 spiro atoms. The monoisotopic (exact) mass is 401 g/mol. The normalized spacial score (nSPS) is 16.5. The van der Waals surface area contributed by atoms with Gasteiger partial charge in [0, 0.05) is 37.7 Å². The first-order chi connectivity index (χ1) is 13.5. The van der Waals surface area contributed by atoms with Gasteiger partial charge in [-0.15, -0.1) is 0 Å². The molecule has 1 amide bonds. The van der Waals surface area contributed by atoms with Crippen molar-refractivity contribution >= 4 is 17.5 Å². The van der Waals surface area contributed by atoms with E-state index in [0.717, 1.165) is 42.3 Å². The average Bonchev–Trinajstić information content (AvgIpc) is 2.70. The second kappa shape index (κ2) is 9.92. The molecule has 1 fully saturated rings. The summed E-state index contributed by atoms with van der Waals surface area (Å²) >= 11 is 6.05. The number of halogens is 1. The number of nitrogens with one attached hydrogen (secondary N) is 1. The zero-order valence-corrected chi connectivity index (χ0v) is 17.3. The Morgan fingerprint density at radius 2 is 1.71 bits per heavy atom. The van der Waals surface area contributed by atoms with E-state index in [0.29, 0.717) is 12.3 Å². The molecule has 0 bridgehead atoms. The Hall–Kier alpha value is -2.08. The Kier molecular flexibility index (Phi) is 7.31. The Bertz CT molecular complexity index is 756. The third kappa shape index (κ3) is 5.96. The highest BCUT2D eigenvalue weighted by Crippen LogP contribution is 2.23. The molecule has 5 nitrogen and oxygen atoms in total. The number of rotatable bonds is 7. The van der Waals surface area contributed by atoms with Gasteiger partial charge in [-0.2, -0.15) is 0 Å². The standard InChI is InChI=1S/C22H28ClN3O2/c1-17-3-9-20(10-4-17)28-16-22(27)24-15-21(18-5-7-19(23)8-6-18)26-13-11-25(2)12-14-26/h3-10,21H,11-16H2,1-2H3,(H,24,27). The van der Waals surface area contributed by atoms with Gasteiger partial charge >= 0.3 is 0 Å². The Morgan fingerprint density at radius 1 is 1.07 bits per heavy atom. The maximum atomic E-state index is 12.3. The Labute approximate surface area is 172 Å². The van der Waals surface area contributed by atoms with Gasteiger partial charge in [-0.05, 0) is 43.8 Å². The minimum atomic E-state index is -0.117. The molecule has 0 aromatic heterocycles. The van der Waals surface area contributed by atoms with E-state index >= 15 is 0 Å². The quantitative estimate of drug-likeness (QED) is 0.774. The van der Waals surface area contributed by atoms with Crippen LogP contribution >= 0.6 is 11.6 Å². The molecule has 0 radical (unpaired) electrons. The van der Waals surface area contributed by atoms with E-state index in [1.165, 1.54) is 0 Å². The molecule has 0 aliphatic carbocycles. The molecule has 1 N–H and O–H groups in total. The predicted molar refractivity (Wildman–Crippen MR) is 113 cm³/mol. The summed E-state index contributed by atoms with van der Waals surface area (Å²) in [4.78, 5) is 17.1. The summed E-state index contributed by atoms with van der Waals surface area (Å²) in [6, 6.07) is 15.7. The van der Waals surface area contributed by atoms with E-state index in [1.807, 2.05) is 55.5 Å². The molecule has 6 heteroatoms. The molecule has 1 heterocycles. The van der Waals surface area contributed by atoms with Gasteiger partial charge in [-0.3, -0.25) is 9.69 Å².